The quantitative estimate of drug-likeness (QED) is 0.851. The van der Waals surface area contributed by atoms with E-state index in [2.05, 4.69) is 4.90 Å². The molecule has 0 radical (unpaired) electrons. The molecule has 1 saturated heterocycles. The third kappa shape index (κ3) is 3.08. The van der Waals surface area contributed by atoms with Crippen LogP contribution in [-0.4, -0.2) is 23.7 Å². The van der Waals surface area contributed by atoms with Crippen LogP contribution >= 0.6 is 11.6 Å². The molecule has 1 aliphatic carbocycles. The third-order valence-electron chi connectivity index (χ3n) is 4.69. The van der Waals surface area contributed by atoms with Crippen molar-refractivity contribution in [2.24, 2.45) is 5.92 Å². The van der Waals surface area contributed by atoms with Crippen LogP contribution in [-0.2, 0) is 4.79 Å². The maximum atomic E-state index is 10.6. The van der Waals surface area contributed by atoms with Gasteiger partial charge in [-0.3, -0.25) is 0 Å². The van der Waals surface area contributed by atoms with E-state index < -0.39 is 5.97 Å². The maximum absolute atomic E-state index is 10.6. The molecule has 0 bridgehead atoms. The molecule has 1 N–H and O–H groups in total. The molecule has 1 aliphatic heterocycles. The summed E-state index contributed by atoms with van der Waals surface area (Å²) in [4.78, 5) is 13.0. The predicted octanol–water partition coefficient (Wildman–Crippen LogP) is 4.21. The van der Waals surface area contributed by atoms with Crippen LogP contribution in [0.25, 0.3) is 6.08 Å². The Morgan fingerprint density at radius 3 is 2.86 bits per heavy atom. The summed E-state index contributed by atoms with van der Waals surface area (Å²) >= 11 is 6.45. The Kier molecular flexibility index (Phi) is 4.20. The van der Waals surface area contributed by atoms with Crippen LogP contribution in [0.15, 0.2) is 24.3 Å². The van der Waals surface area contributed by atoms with Crippen molar-refractivity contribution in [2.75, 3.05) is 11.4 Å². The lowest BCUT2D eigenvalue weighted by molar-refractivity contribution is -0.131. The van der Waals surface area contributed by atoms with Crippen LogP contribution in [0.1, 0.15) is 37.7 Å². The predicted molar refractivity (Wildman–Crippen MR) is 85.8 cm³/mol. The number of fused-ring (bicyclic) bond motifs is 1. The molecule has 0 spiro atoms. The molecule has 0 aromatic heterocycles. The third-order valence-corrected chi connectivity index (χ3v) is 5.00. The average Bonchev–Trinajstić information content (AvgIpc) is 2.94. The molecule has 21 heavy (non-hydrogen) atoms. The Balaban J connectivity index is 1.83. The van der Waals surface area contributed by atoms with Crippen LogP contribution in [0, 0.1) is 5.92 Å². The number of aliphatic carboxylic acids is 1. The summed E-state index contributed by atoms with van der Waals surface area (Å²) in [7, 11) is 0. The fourth-order valence-corrected chi connectivity index (χ4v) is 4.08. The average molecular weight is 306 g/mol. The smallest absolute Gasteiger partial charge is 0.328 e. The summed E-state index contributed by atoms with van der Waals surface area (Å²) in [6.45, 7) is 1.07. The summed E-state index contributed by atoms with van der Waals surface area (Å²) < 4.78 is 0. The van der Waals surface area contributed by atoms with E-state index in [0.717, 1.165) is 34.8 Å². The van der Waals surface area contributed by atoms with Crippen molar-refractivity contribution in [3.05, 3.63) is 34.9 Å². The number of anilines is 1. The number of carbonyl (C=O) groups is 1. The number of rotatable bonds is 3. The van der Waals surface area contributed by atoms with Gasteiger partial charge in [-0.1, -0.05) is 24.1 Å². The van der Waals surface area contributed by atoms with Gasteiger partial charge < -0.3 is 10.0 Å². The first kappa shape index (κ1) is 14.5. The number of hydrogen-bond acceptors (Lipinski definition) is 2. The fourth-order valence-electron chi connectivity index (χ4n) is 3.78. The lowest BCUT2D eigenvalue weighted by Gasteiger charge is -2.40. The number of benzene rings is 1. The standard InChI is InChI=1S/C17H20ClNO2/c18-14-11-12(7-9-17(20)21)6-8-16(14)19-10-2-4-13-3-1-5-15(13)19/h6-9,11,13,15H,1-5,10H2,(H,20,21)/b9-7+. The lowest BCUT2D eigenvalue weighted by Crippen LogP contribution is -2.42. The molecule has 2 fully saturated rings. The van der Waals surface area contributed by atoms with Gasteiger partial charge in [0.25, 0.3) is 0 Å². The van der Waals surface area contributed by atoms with Crippen molar-refractivity contribution in [1.29, 1.82) is 0 Å². The Bertz CT molecular complexity index is 570. The molecule has 112 valence electrons. The highest BCUT2D eigenvalue weighted by Gasteiger charge is 2.35. The molecule has 3 nitrogen and oxygen atoms in total. The first-order valence-electron chi connectivity index (χ1n) is 7.62. The second-order valence-corrected chi connectivity index (χ2v) is 6.38. The second-order valence-electron chi connectivity index (χ2n) is 5.98. The van der Waals surface area contributed by atoms with Crippen molar-refractivity contribution in [3.8, 4) is 0 Å². The van der Waals surface area contributed by atoms with Gasteiger partial charge in [-0.15, -0.1) is 0 Å². The van der Waals surface area contributed by atoms with Crippen molar-refractivity contribution in [2.45, 2.75) is 38.1 Å². The van der Waals surface area contributed by atoms with Gasteiger partial charge in [0.2, 0.25) is 0 Å². The Morgan fingerprint density at radius 1 is 1.29 bits per heavy atom. The summed E-state index contributed by atoms with van der Waals surface area (Å²) in [5.41, 5.74) is 1.92. The first-order chi connectivity index (χ1) is 10.1. The molecule has 1 saturated carbocycles. The summed E-state index contributed by atoms with van der Waals surface area (Å²) in [5.74, 6) is -0.124. The van der Waals surface area contributed by atoms with Crippen LogP contribution in [0.5, 0.6) is 0 Å². The zero-order valence-electron chi connectivity index (χ0n) is 12.0. The normalized spacial score (nSPS) is 25.3. The highest BCUT2D eigenvalue weighted by Crippen LogP contribution is 2.41. The highest BCUT2D eigenvalue weighted by atomic mass is 35.5. The van der Waals surface area contributed by atoms with E-state index in [4.69, 9.17) is 16.7 Å². The van der Waals surface area contributed by atoms with Crippen LogP contribution in [0.2, 0.25) is 5.02 Å². The van der Waals surface area contributed by atoms with Crippen LogP contribution in [0.3, 0.4) is 0 Å². The monoisotopic (exact) mass is 305 g/mol. The molecule has 2 aliphatic rings. The summed E-state index contributed by atoms with van der Waals surface area (Å²) in [5, 5.41) is 9.39. The van der Waals surface area contributed by atoms with Crippen molar-refractivity contribution in [1.82, 2.24) is 0 Å². The number of carboxylic acid groups (broad SMARTS) is 1. The fraction of sp³-hybridized carbons (Fsp3) is 0.471. The molecular weight excluding hydrogens is 286 g/mol. The van der Waals surface area contributed by atoms with Crippen LogP contribution < -0.4 is 4.90 Å². The van der Waals surface area contributed by atoms with Gasteiger partial charge in [0.05, 0.1) is 10.7 Å². The van der Waals surface area contributed by atoms with Crippen molar-refractivity contribution in [3.63, 3.8) is 0 Å². The molecular formula is C17H20ClNO2. The van der Waals surface area contributed by atoms with E-state index in [1.165, 1.54) is 32.1 Å². The van der Waals surface area contributed by atoms with Gasteiger partial charge >= 0.3 is 5.97 Å². The van der Waals surface area contributed by atoms with Gasteiger partial charge in [0, 0.05) is 18.7 Å². The largest absolute Gasteiger partial charge is 0.478 e. The highest BCUT2D eigenvalue weighted by molar-refractivity contribution is 6.33. The molecule has 1 heterocycles. The van der Waals surface area contributed by atoms with E-state index in [1.54, 1.807) is 6.08 Å². The maximum Gasteiger partial charge on any atom is 0.328 e. The van der Waals surface area contributed by atoms with Gasteiger partial charge in [0.15, 0.2) is 0 Å². The van der Waals surface area contributed by atoms with E-state index in [-0.39, 0.29) is 0 Å². The number of carboxylic acids is 1. The zero-order chi connectivity index (χ0) is 14.8. The molecule has 2 atom stereocenters. The number of piperidine rings is 1. The SMILES string of the molecule is O=C(O)/C=C/c1ccc(N2CCCC3CCCC32)c(Cl)c1. The van der Waals surface area contributed by atoms with E-state index >= 15 is 0 Å². The summed E-state index contributed by atoms with van der Waals surface area (Å²) in [6, 6.07) is 6.47. The minimum atomic E-state index is -0.944. The van der Waals surface area contributed by atoms with Crippen molar-refractivity contribution < 1.29 is 9.90 Å². The van der Waals surface area contributed by atoms with Gasteiger partial charge in [-0.25, -0.2) is 4.79 Å². The minimum Gasteiger partial charge on any atom is -0.478 e. The van der Waals surface area contributed by atoms with Crippen LogP contribution in [0.4, 0.5) is 5.69 Å². The Morgan fingerprint density at radius 2 is 2.10 bits per heavy atom. The lowest BCUT2D eigenvalue weighted by atomic mass is 9.91. The second kappa shape index (κ2) is 6.10. The Labute approximate surface area is 130 Å². The topological polar surface area (TPSA) is 40.5 Å². The molecule has 1 aromatic carbocycles. The zero-order valence-corrected chi connectivity index (χ0v) is 12.7. The minimum absolute atomic E-state index is 0.636. The van der Waals surface area contributed by atoms with E-state index in [0.29, 0.717) is 6.04 Å². The Hall–Kier alpha value is -1.48. The van der Waals surface area contributed by atoms with Gasteiger partial charge in [-0.05, 0) is 55.4 Å². The molecule has 1 aromatic rings. The van der Waals surface area contributed by atoms with Gasteiger partial charge in [-0.2, -0.15) is 0 Å². The van der Waals surface area contributed by atoms with Gasteiger partial charge in [0.1, 0.15) is 0 Å². The number of nitrogens with zero attached hydrogens (tertiary/aromatic N) is 1. The molecule has 3 rings (SSSR count). The number of halogens is 1. The number of hydrogen-bond donors (Lipinski definition) is 1. The molecule has 4 heteroatoms. The summed E-state index contributed by atoms with van der Waals surface area (Å²) in [6.07, 6.45) is 9.23. The van der Waals surface area contributed by atoms with Crippen molar-refractivity contribution >= 4 is 29.3 Å². The molecule has 2 unspecified atom stereocenters. The van der Waals surface area contributed by atoms with E-state index in [1.807, 2.05) is 18.2 Å². The molecule has 0 amide bonds. The van der Waals surface area contributed by atoms with E-state index in [9.17, 15) is 4.79 Å². The first-order valence-corrected chi connectivity index (χ1v) is 8.00.